The molecule has 3 rings (SSSR count). The number of methoxy groups -OCH3 is 1. The molecule has 1 aliphatic heterocycles. The smallest absolute Gasteiger partial charge is 0.322 e. The molecule has 98 valence electrons. The van der Waals surface area contributed by atoms with Crippen LogP contribution in [0.25, 0.3) is 0 Å². The van der Waals surface area contributed by atoms with Crippen LogP contribution in [0.5, 0.6) is 5.75 Å². The molecule has 6 heteroatoms. The fourth-order valence-corrected chi connectivity index (χ4v) is 2.71. The summed E-state index contributed by atoms with van der Waals surface area (Å²) in [5.41, 5.74) is 0.0974. The Kier molecular flexibility index (Phi) is 2.35. The van der Waals surface area contributed by atoms with Crippen LogP contribution in [0.15, 0.2) is 18.2 Å². The predicted molar refractivity (Wildman–Crippen MR) is 64.7 cm³/mol. The molecule has 0 aromatic heterocycles. The maximum atomic E-state index is 12.1. The van der Waals surface area contributed by atoms with E-state index in [1.54, 1.807) is 18.2 Å². The monoisotopic (exact) mass is 260 g/mol. The molecule has 1 heterocycles. The van der Waals surface area contributed by atoms with Crippen molar-refractivity contribution in [3.8, 4) is 5.75 Å². The van der Waals surface area contributed by atoms with Gasteiger partial charge < -0.3 is 10.1 Å². The van der Waals surface area contributed by atoms with E-state index in [1.807, 2.05) is 0 Å². The zero-order valence-electron chi connectivity index (χ0n) is 10.3. The van der Waals surface area contributed by atoms with Crippen molar-refractivity contribution in [1.29, 1.82) is 0 Å². The minimum Gasteiger partial charge on any atom is -0.497 e. The van der Waals surface area contributed by atoms with Crippen LogP contribution in [0.3, 0.4) is 0 Å². The van der Waals surface area contributed by atoms with Crippen LogP contribution in [0.1, 0.15) is 17.5 Å². The zero-order valence-corrected chi connectivity index (χ0v) is 10.3. The minimum absolute atomic E-state index is 0.0231. The second-order valence-corrected chi connectivity index (χ2v) is 4.73. The number of hydrogen-bond acceptors (Lipinski definition) is 4. The van der Waals surface area contributed by atoms with Gasteiger partial charge in [-0.2, -0.15) is 0 Å². The lowest BCUT2D eigenvalue weighted by Crippen LogP contribution is -2.48. The second-order valence-electron chi connectivity index (χ2n) is 4.73. The molecule has 1 atom stereocenters. The highest BCUT2D eigenvalue weighted by atomic mass is 16.5. The molecular formula is C13H12N2O4. The first kappa shape index (κ1) is 11.7. The fourth-order valence-electron chi connectivity index (χ4n) is 2.71. The van der Waals surface area contributed by atoms with E-state index in [4.69, 9.17) is 4.74 Å². The van der Waals surface area contributed by atoms with Gasteiger partial charge in [0, 0.05) is 12.8 Å². The van der Waals surface area contributed by atoms with Crippen molar-refractivity contribution in [2.75, 3.05) is 7.11 Å². The lowest BCUT2D eigenvalue weighted by Gasteiger charge is -2.32. The fraction of sp³-hybridized carbons (Fsp3) is 0.308. The first-order valence-electron chi connectivity index (χ1n) is 5.88. The van der Waals surface area contributed by atoms with Gasteiger partial charge in [-0.15, -0.1) is 0 Å². The van der Waals surface area contributed by atoms with E-state index in [2.05, 4.69) is 10.6 Å². The zero-order chi connectivity index (χ0) is 13.6. The molecule has 1 fully saturated rings. The third-order valence-corrected chi connectivity index (χ3v) is 3.57. The molecular weight excluding hydrogens is 248 g/mol. The van der Waals surface area contributed by atoms with Gasteiger partial charge in [-0.1, -0.05) is 6.07 Å². The minimum atomic E-state index is -1.28. The number of ether oxygens (including phenoxy) is 1. The van der Waals surface area contributed by atoms with Gasteiger partial charge in [-0.25, -0.2) is 4.79 Å². The molecule has 0 saturated carbocycles. The van der Waals surface area contributed by atoms with E-state index in [0.29, 0.717) is 11.3 Å². The summed E-state index contributed by atoms with van der Waals surface area (Å²) in [6.07, 6.45) is 0.245. The van der Waals surface area contributed by atoms with E-state index in [1.165, 1.54) is 7.11 Å². The van der Waals surface area contributed by atoms with Gasteiger partial charge in [0.1, 0.15) is 11.5 Å². The molecule has 3 amide bonds. The van der Waals surface area contributed by atoms with Crippen molar-refractivity contribution >= 4 is 17.7 Å². The maximum absolute atomic E-state index is 12.1. The Bertz CT molecular complexity index is 611. The first-order chi connectivity index (χ1) is 9.05. The number of fused-ring (bicyclic) bond motifs is 2. The molecule has 1 unspecified atom stereocenters. The van der Waals surface area contributed by atoms with Crippen molar-refractivity contribution in [1.82, 2.24) is 10.6 Å². The summed E-state index contributed by atoms with van der Waals surface area (Å²) < 4.78 is 5.14. The van der Waals surface area contributed by atoms with Gasteiger partial charge in [0.05, 0.1) is 7.11 Å². The summed E-state index contributed by atoms with van der Waals surface area (Å²) in [5.74, 6) is 0.0245. The first-order valence-corrected chi connectivity index (χ1v) is 5.88. The number of imide groups is 1. The molecule has 1 aromatic rings. The number of ketones is 1. The Morgan fingerprint density at radius 3 is 2.68 bits per heavy atom. The van der Waals surface area contributed by atoms with Gasteiger partial charge in [-0.05, 0) is 23.3 Å². The molecule has 0 bridgehead atoms. The summed E-state index contributed by atoms with van der Waals surface area (Å²) in [6.45, 7) is 0. The van der Waals surface area contributed by atoms with Gasteiger partial charge in [0.15, 0.2) is 5.54 Å². The quantitative estimate of drug-likeness (QED) is 0.709. The third-order valence-electron chi connectivity index (χ3n) is 3.57. The van der Waals surface area contributed by atoms with Crippen LogP contribution >= 0.6 is 0 Å². The summed E-state index contributed by atoms with van der Waals surface area (Å²) >= 11 is 0. The van der Waals surface area contributed by atoms with Gasteiger partial charge in [0.2, 0.25) is 0 Å². The van der Waals surface area contributed by atoms with Crippen LogP contribution in [0, 0.1) is 0 Å². The Morgan fingerprint density at radius 1 is 1.26 bits per heavy atom. The molecule has 1 aromatic carbocycles. The Morgan fingerprint density at radius 2 is 2.05 bits per heavy atom. The molecule has 2 N–H and O–H groups in total. The summed E-state index contributed by atoms with van der Waals surface area (Å²) in [4.78, 5) is 35.3. The van der Waals surface area contributed by atoms with Crippen molar-refractivity contribution in [3.05, 3.63) is 29.3 Å². The highest BCUT2D eigenvalue weighted by molar-refractivity contribution is 6.10. The average molecular weight is 260 g/mol. The van der Waals surface area contributed by atoms with Crippen molar-refractivity contribution in [3.63, 3.8) is 0 Å². The normalized spacial score (nSPS) is 25.0. The lowest BCUT2D eigenvalue weighted by molar-refractivity contribution is -0.130. The topological polar surface area (TPSA) is 84.5 Å². The summed E-state index contributed by atoms with van der Waals surface area (Å²) in [6, 6.07) is 4.62. The van der Waals surface area contributed by atoms with Crippen LogP contribution in [0.2, 0.25) is 0 Å². The largest absolute Gasteiger partial charge is 0.497 e. The molecule has 1 spiro atoms. The number of hydrogen-bond donors (Lipinski definition) is 2. The number of nitrogens with one attached hydrogen (secondary N) is 2. The Labute approximate surface area is 109 Å². The summed E-state index contributed by atoms with van der Waals surface area (Å²) in [5, 5.41) is 4.78. The molecule has 1 aliphatic carbocycles. The number of amides is 3. The third kappa shape index (κ3) is 1.60. The van der Waals surface area contributed by atoms with Crippen molar-refractivity contribution < 1.29 is 19.1 Å². The average Bonchev–Trinajstić information content (AvgIpc) is 2.64. The van der Waals surface area contributed by atoms with E-state index in [-0.39, 0.29) is 18.6 Å². The Balaban J connectivity index is 2.20. The van der Waals surface area contributed by atoms with Gasteiger partial charge >= 0.3 is 6.03 Å². The van der Waals surface area contributed by atoms with Crippen LogP contribution in [-0.4, -0.2) is 24.8 Å². The number of rotatable bonds is 1. The number of urea groups is 1. The second kappa shape index (κ2) is 3.81. The van der Waals surface area contributed by atoms with Crippen LogP contribution < -0.4 is 15.4 Å². The standard InChI is InChI=1S/C13H12N2O4/c1-19-9-3-2-7-4-8(16)6-13(10(7)5-9)11(17)14-12(18)15-13/h2-3,5H,4,6H2,1H3,(H2,14,15,17,18). The molecule has 1 saturated heterocycles. The summed E-state index contributed by atoms with van der Waals surface area (Å²) in [7, 11) is 1.52. The number of carbonyl (C=O) groups is 3. The lowest BCUT2D eigenvalue weighted by atomic mass is 9.76. The van der Waals surface area contributed by atoms with E-state index in [9.17, 15) is 14.4 Å². The Hall–Kier alpha value is -2.37. The maximum Gasteiger partial charge on any atom is 0.322 e. The van der Waals surface area contributed by atoms with E-state index in [0.717, 1.165) is 5.56 Å². The molecule has 6 nitrogen and oxygen atoms in total. The highest BCUT2D eigenvalue weighted by Gasteiger charge is 2.52. The van der Waals surface area contributed by atoms with Crippen LogP contribution in [-0.2, 0) is 21.5 Å². The van der Waals surface area contributed by atoms with Gasteiger partial charge in [0.25, 0.3) is 5.91 Å². The predicted octanol–water partition coefficient (Wildman–Crippen LogP) is 0.245. The highest BCUT2D eigenvalue weighted by Crippen LogP contribution is 2.37. The molecule has 2 aliphatic rings. The van der Waals surface area contributed by atoms with Crippen LogP contribution in [0.4, 0.5) is 4.79 Å². The van der Waals surface area contributed by atoms with Gasteiger partial charge in [-0.3, -0.25) is 14.9 Å². The molecule has 0 radical (unpaired) electrons. The number of Topliss-reactive ketones (excluding diaryl/α,β-unsaturated/α-hetero) is 1. The van der Waals surface area contributed by atoms with E-state index < -0.39 is 17.5 Å². The number of benzene rings is 1. The SMILES string of the molecule is COc1ccc2c(c1)C1(CC(=O)C2)NC(=O)NC1=O. The van der Waals surface area contributed by atoms with E-state index >= 15 is 0 Å². The molecule has 19 heavy (non-hydrogen) atoms. The number of carbonyl (C=O) groups excluding carboxylic acids is 3. The van der Waals surface area contributed by atoms with Crippen molar-refractivity contribution in [2.24, 2.45) is 0 Å². The van der Waals surface area contributed by atoms with Crippen molar-refractivity contribution in [2.45, 2.75) is 18.4 Å².